The Labute approximate surface area is 89.1 Å². The maximum Gasteiger partial charge on any atom is -0.0279 e. The quantitative estimate of drug-likeness (QED) is 0.482. The van der Waals surface area contributed by atoms with E-state index < -0.39 is 0 Å². The molecule has 0 spiro atoms. The maximum atomic E-state index is 3.40. The minimum absolute atomic E-state index is 1.17. The molecular formula is C14H23. The zero-order valence-electron chi connectivity index (χ0n) is 9.30. The van der Waals surface area contributed by atoms with Gasteiger partial charge in [-0.25, -0.2) is 0 Å². The van der Waals surface area contributed by atoms with Crippen molar-refractivity contribution in [2.75, 3.05) is 0 Å². The van der Waals surface area contributed by atoms with Gasteiger partial charge in [0, 0.05) is 0 Å². The molecule has 1 aliphatic rings. The minimum atomic E-state index is 1.17. The number of allylic oxidation sites excluding steroid dienone is 4. The molecule has 0 aliphatic heterocycles. The third-order valence-corrected chi connectivity index (χ3v) is 2.72. The fraction of sp³-hybridized carbons (Fsp3) is 0.714. The van der Waals surface area contributed by atoms with Crippen LogP contribution in [0.4, 0.5) is 0 Å². The van der Waals surface area contributed by atoms with Crippen molar-refractivity contribution in [2.24, 2.45) is 0 Å². The summed E-state index contributed by atoms with van der Waals surface area (Å²) >= 11 is 0. The molecule has 0 nitrogen and oxygen atoms in total. The van der Waals surface area contributed by atoms with Crippen LogP contribution in [0.25, 0.3) is 0 Å². The SMILES string of the molecule is [C]1=C/CCCCC/C=C/CCCCC/1. The molecule has 0 saturated carbocycles. The summed E-state index contributed by atoms with van der Waals surface area (Å²) in [6.45, 7) is 0. The van der Waals surface area contributed by atoms with Gasteiger partial charge < -0.3 is 0 Å². The summed E-state index contributed by atoms with van der Waals surface area (Å²) in [5, 5.41) is 0. The zero-order valence-corrected chi connectivity index (χ0v) is 9.30. The van der Waals surface area contributed by atoms with Gasteiger partial charge in [0.15, 0.2) is 0 Å². The third-order valence-electron chi connectivity index (χ3n) is 2.72. The topological polar surface area (TPSA) is 0 Å². The van der Waals surface area contributed by atoms with Crippen molar-refractivity contribution >= 4 is 0 Å². The molecule has 0 heterocycles. The van der Waals surface area contributed by atoms with Crippen LogP contribution in [0.3, 0.4) is 0 Å². The van der Waals surface area contributed by atoms with E-state index in [-0.39, 0.29) is 0 Å². The summed E-state index contributed by atoms with van der Waals surface area (Å²) in [4.78, 5) is 0. The maximum absolute atomic E-state index is 3.40. The number of hydrogen-bond donors (Lipinski definition) is 0. The van der Waals surface area contributed by atoms with Crippen LogP contribution in [-0.2, 0) is 0 Å². The van der Waals surface area contributed by atoms with Crippen LogP contribution in [0.2, 0.25) is 0 Å². The molecule has 0 aromatic rings. The smallest absolute Gasteiger partial charge is 0.0279 e. The first-order valence-electron chi connectivity index (χ1n) is 6.20. The molecule has 1 aliphatic carbocycles. The molecule has 0 heteroatoms. The molecule has 0 aromatic carbocycles. The van der Waals surface area contributed by atoms with E-state index >= 15 is 0 Å². The highest BCUT2D eigenvalue weighted by molar-refractivity contribution is 4.82. The standard InChI is InChI=1S/C14H23/c1-2-4-6-8-10-12-14-13-11-9-7-5-3-1/h1-2,13H,3-12H2/b2-1+,14-13?. The second kappa shape index (κ2) is 9.05. The highest BCUT2D eigenvalue weighted by Crippen LogP contribution is 2.09. The lowest BCUT2D eigenvalue weighted by Gasteiger charge is -1.98. The molecule has 1 radical (unpaired) electrons. The van der Waals surface area contributed by atoms with Crippen LogP contribution in [0.5, 0.6) is 0 Å². The molecule has 14 heavy (non-hydrogen) atoms. The Morgan fingerprint density at radius 1 is 0.643 bits per heavy atom. The summed E-state index contributed by atoms with van der Waals surface area (Å²) in [5.41, 5.74) is 0. The summed E-state index contributed by atoms with van der Waals surface area (Å²) in [5.74, 6) is 0. The third kappa shape index (κ3) is 6.94. The van der Waals surface area contributed by atoms with Crippen LogP contribution in [0.15, 0.2) is 18.2 Å². The first-order chi connectivity index (χ1) is 7.00. The van der Waals surface area contributed by atoms with Gasteiger partial charge in [-0.05, 0) is 57.4 Å². The van der Waals surface area contributed by atoms with Gasteiger partial charge in [0.05, 0.1) is 0 Å². The molecular weight excluding hydrogens is 168 g/mol. The van der Waals surface area contributed by atoms with E-state index in [9.17, 15) is 0 Å². The number of hydrogen-bond acceptors (Lipinski definition) is 0. The summed E-state index contributed by atoms with van der Waals surface area (Å²) in [6.07, 6.45) is 23.5. The fourth-order valence-corrected chi connectivity index (χ4v) is 1.79. The Morgan fingerprint density at radius 3 is 2.07 bits per heavy atom. The van der Waals surface area contributed by atoms with Gasteiger partial charge in [0.1, 0.15) is 0 Å². The zero-order chi connectivity index (χ0) is 9.90. The van der Waals surface area contributed by atoms with Crippen LogP contribution in [0, 0.1) is 6.08 Å². The van der Waals surface area contributed by atoms with Crippen LogP contribution < -0.4 is 0 Å². The second-order valence-electron chi connectivity index (χ2n) is 4.12. The fourth-order valence-electron chi connectivity index (χ4n) is 1.79. The molecule has 0 amide bonds. The Morgan fingerprint density at radius 2 is 1.29 bits per heavy atom. The lowest BCUT2D eigenvalue weighted by atomic mass is 10.1. The average molecular weight is 191 g/mol. The highest BCUT2D eigenvalue weighted by atomic mass is 14.0. The Bertz CT molecular complexity index is 129. The van der Waals surface area contributed by atoms with E-state index in [0.29, 0.717) is 0 Å². The predicted molar refractivity (Wildman–Crippen MR) is 63.1 cm³/mol. The first kappa shape index (κ1) is 11.6. The highest BCUT2D eigenvalue weighted by Gasteiger charge is 1.89. The van der Waals surface area contributed by atoms with Crippen LogP contribution in [-0.4, -0.2) is 0 Å². The van der Waals surface area contributed by atoms with E-state index in [4.69, 9.17) is 0 Å². The van der Waals surface area contributed by atoms with Gasteiger partial charge in [0.25, 0.3) is 0 Å². The van der Waals surface area contributed by atoms with E-state index in [1.54, 1.807) is 0 Å². The molecule has 1 rings (SSSR count). The van der Waals surface area contributed by atoms with Gasteiger partial charge in [0.2, 0.25) is 0 Å². The van der Waals surface area contributed by atoms with Gasteiger partial charge in [-0.3, -0.25) is 0 Å². The van der Waals surface area contributed by atoms with Crippen molar-refractivity contribution in [1.82, 2.24) is 0 Å². The van der Waals surface area contributed by atoms with E-state index in [2.05, 4.69) is 24.3 Å². The largest absolute Gasteiger partial charge is 0.0885 e. The normalized spacial score (nSPS) is 26.3. The van der Waals surface area contributed by atoms with Crippen molar-refractivity contribution in [3.8, 4) is 0 Å². The molecule has 79 valence electrons. The Kier molecular flexibility index (Phi) is 7.47. The average Bonchev–Trinajstić information content (AvgIpc) is 2.22. The van der Waals surface area contributed by atoms with Crippen molar-refractivity contribution in [1.29, 1.82) is 0 Å². The van der Waals surface area contributed by atoms with Gasteiger partial charge in [-0.15, -0.1) is 0 Å². The molecule has 0 bridgehead atoms. The monoisotopic (exact) mass is 191 g/mol. The molecule has 0 N–H and O–H groups in total. The second-order valence-corrected chi connectivity index (χ2v) is 4.12. The summed E-state index contributed by atoms with van der Waals surface area (Å²) in [7, 11) is 0. The molecule has 0 aromatic heterocycles. The summed E-state index contributed by atoms with van der Waals surface area (Å²) in [6, 6.07) is 0. The van der Waals surface area contributed by atoms with Crippen molar-refractivity contribution in [2.45, 2.75) is 64.2 Å². The molecule has 0 fully saturated rings. The lowest BCUT2D eigenvalue weighted by molar-refractivity contribution is 0.671. The van der Waals surface area contributed by atoms with Gasteiger partial charge >= 0.3 is 0 Å². The number of rotatable bonds is 0. The Balaban J connectivity index is 2.15. The molecule has 0 saturated heterocycles. The molecule has 0 unspecified atom stereocenters. The predicted octanol–water partition coefficient (Wildman–Crippen LogP) is 4.82. The van der Waals surface area contributed by atoms with Gasteiger partial charge in [-0.2, -0.15) is 0 Å². The van der Waals surface area contributed by atoms with E-state index in [1.165, 1.54) is 64.2 Å². The lowest BCUT2D eigenvalue weighted by Crippen LogP contribution is -1.79. The van der Waals surface area contributed by atoms with Crippen molar-refractivity contribution in [3.63, 3.8) is 0 Å². The van der Waals surface area contributed by atoms with Crippen molar-refractivity contribution < 1.29 is 0 Å². The van der Waals surface area contributed by atoms with Crippen molar-refractivity contribution in [3.05, 3.63) is 24.3 Å². The van der Waals surface area contributed by atoms with E-state index in [0.717, 1.165) is 0 Å². The summed E-state index contributed by atoms with van der Waals surface area (Å²) < 4.78 is 0. The molecule has 0 atom stereocenters. The van der Waals surface area contributed by atoms with Crippen LogP contribution in [0.1, 0.15) is 64.2 Å². The minimum Gasteiger partial charge on any atom is -0.0885 e. The van der Waals surface area contributed by atoms with Crippen LogP contribution >= 0.6 is 0 Å². The van der Waals surface area contributed by atoms with E-state index in [1.807, 2.05) is 0 Å². The Hall–Kier alpha value is -0.520. The first-order valence-corrected chi connectivity index (χ1v) is 6.20. The van der Waals surface area contributed by atoms with Gasteiger partial charge in [-0.1, -0.05) is 31.1 Å².